The van der Waals surface area contributed by atoms with Crippen LogP contribution in [-0.2, 0) is 6.54 Å². The summed E-state index contributed by atoms with van der Waals surface area (Å²) in [4.78, 5) is 9.80. The van der Waals surface area contributed by atoms with Crippen LogP contribution in [0.1, 0.15) is 5.69 Å². The molecule has 5 nitrogen and oxygen atoms in total. The van der Waals surface area contributed by atoms with Crippen LogP contribution in [0.3, 0.4) is 0 Å². The first-order valence-corrected chi connectivity index (χ1v) is 8.42. The first-order valence-electron chi connectivity index (χ1n) is 7.54. The number of thiazole rings is 1. The second kappa shape index (κ2) is 5.88. The number of furan rings is 1. The van der Waals surface area contributed by atoms with Crippen molar-refractivity contribution in [2.45, 2.75) is 12.6 Å². The van der Waals surface area contributed by atoms with E-state index in [-0.39, 0.29) is 0 Å². The Hall–Kier alpha value is -1.21. The Morgan fingerprint density at radius 3 is 2.81 bits per heavy atom. The van der Waals surface area contributed by atoms with E-state index >= 15 is 0 Å². The third-order valence-electron chi connectivity index (χ3n) is 4.35. The fourth-order valence-corrected chi connectivity index (χ4v) is 3.72. The Morgan fingerprint density at radius 2 is 2.14 bits per heavy atom. The largest absolute Gasteiger partial charge is 0.462 e. The highest BCUT2D eigenvalue weighted by Crippen LogP contribution is 2.24. The van der Waals surface area contributed by atoms with Crippen molar-refractivity contribution in [1.82, 2.24) is 20.1 Å². The van der Waals surface area contributed by atoms with Gasteiger partial charge in [-0.15, -0.1) is 11.3 Å². The molecule has 2 aromatic rings. The zero-order valence-electron chi connectivity index (χ0n) is 12.0. The van der Waals surface area contributed by atoms with Gasteiger partial charge in [-0.1, -0.05) is 0 Å². The molecule has 0 atom stereocenters. The van der Waals surface area contributed by atoms with E-state index in [9.17, 15) is 0 Å². The molecule has 0 aromatic carbocycles. The predicted molar refractivity (Wildman–Crippen MR) is 83.3 cm³/mol. The highest BCUT2D eigenvalue weighted by molar-refractivity contribution is 7.13. The van der Waals surface area contributed by atoms with E-state index in [1.807, 2.05) is 12.1 Å². The molecule has 0 spiro atoms. The summed E-state index contributed by atoms with van der Waals surface area (Å²) in [6, 6.07) is 4.65. The van der Waals surface area contributed by atoms with Gasteiger partial charge in [0.05, 0.1) is 12.0 Å². The van der Waals surface area contributed by atoms with Gasteiger partial charge in [0.15, 0.2) is 10.8 Å². The van der Waals surface area contributed by atoms with Crippen molar-refractivity contribution in [1.29, 1.82) is 0 Å². The Kier molecular flexibility index (Phi) is 3.77. The zero-order chi connectivity index (χ0) is 14.1. The van der Waals surface area contributed by atoms with E-state index < -0.39 is 0 Å². The first kappa shape index (κ1) is 13.5. The maximum absolute atomic E-state index is 5.40. The molecule has 0 bridgehead atoms. The molecule has 4 heterocycles. The molecule has 0 radical (unpaired) electrons. The standard InChI is InChI=1S/C15H20N4OS/c1-2-14(20-7-1)15-17-12(11-21-15)10-18-3-5-19(6-4-18)13-8-16-9-13/h1-2,7,11,13,16H,3-6,8-10H2. The Morgan fingerprint density at radius 1 is 1.29 bits per heavy atom. The molecule has 6 heteroatoms. The topological polar surface area (TPSA) is 44.5 Å². The van der Waals surface area contributed by atoms with Gasteiger partial charge in [-0.05, 0) is 12.1 Å². The number of hydrogen-bond acceptors (Lipinski definition) is 6. The fraction of sp³-hybridized carbons (Fsp3) is 0.533. The van der Waals surface area contributed by atoms with E-state index in [4.69, 9.17) is 4.42 Å². The molecule has 0 amide bonds. The molecule has 2 saturated heterocycles. The lowest BCUT2D eigenvalue weighted by Gasteiger charge is -2.43. The van der Waals surface area contributed by atoms with Gasteiger partial charge in [0.25, 0.3) is 0 Å². The molecule has 112 valence electrons. The molecule has 0 unspecified atom stereocenters. The van der Waals surface area contributed by atoms with Crippen molar-refractivity contribution >= 4 is 11.3 Å². The molecular weight excluding hydrogens is 284 g/mol. The fourth-order valence-electron chi connectivity index (χ4n) is 2.94. The summed E-state index contributed by atoms with van der Waals surface area (Å²) >= 11 is 1.66. The minimum absolute atomic E-state index is 0.775. The Balaban J connectivity index is 1.32. The summed E-state index contributed by atoms with van der Waals surface area (Å²) in [5.74, 6) is 0.869. The van der Waals surface area contributed by atoms with E-state index in [0.717, 1.165) is 42.1 Å². The van der Waals surface area contributed by atoms with E-state index in [1.54, 1.807) is 17.6 Å². The summed E-state index contributed by atoms with van der Waals surface area (Å²) in [5.41, 5.74) is 1.16. The first-order chi connectivity index (χ1) is 10.4. The van der Waals surface area contributed by atoms with Gasteiger partial charge in [0, 0.05) is 57.2 Å². The number of aromatic nitrogens is 1. The summed E-state index contributed by atoms with van der Waals surface area (Å²) in [7, 11) is 0. The molecular formula is C15H20N4OS. The van der Waals surface area contributed by atoms with Crippen LogP contribution < -0.4 is 5.32 Å². The monoisotopic (exact) mass is 304 g/mol. The quantitative estimate of drug-likeness (QED) is 0.927. The number of rotatable bonds is 4. The third kappa shape index (κ3) is 2.89. The molecule has 1 N–H and O–H groups in total. The van der Waals surface area contributed by atoms with Crippen molar-refractivity contribution < 1.29 is 4.42 Å². The summed E-state index contributed by atoms with van der Waals surface area (Å²) in [5, 5.41) is 6.49. The van der Waals surface area contributed by atoms with E-state index in [2.05, 4.69) is 25.5 Å². The minimum Gasteiger partial charge on any atom is -0.462 e. The van der Waals surface area contributed by atoms with E-state index in [0.29, 0.717) is 0 Å². The lowest BCUT2D eigenvalue weighted by Crippen LogP contribution is -2.61. The molecule has 2 fully saturated rings. The summed E-state index contributed by atoms with van der Waals surface area (Å²) in [6.07, 6.45) is 1.70. The van der Waals surface area contributed by atoms with Crippen molar-refractivity contribution in [3.63, 3.8) is 0 Å². The van der Waals surface area contributed by atoms with Crippen molar-refractivity contribution in [3.05, 3.63) is 29.5 Å². The van der Waals surface area contributed by atoms with E-state index in [1.165, 1.54) is 26.2 Å². The average molecular weight is 304 g/mol. The van der Waals surface area contributed by atoms with Crippen LogP contribution in [-0.4, -0.2) is 60.1 Å². The number of hydrogen-bond donors (Lipinski definition) is 1. The van der Waals surface area contributed by atoms with Crippen molar-refractivity contribution in [2.24, 2.45) is 0 Å². The van der Waals surface area contributed by atoms with Gasteiger partial charge < -0.3 is 9.73 Å². The highest BCUT2D eigenvalue weighted by Gasteiger charge is 2.27. The van der Waals surface area contributed by atoms with Gasteiger partial charge in [-0.3, -0.25) is 9.80 Å². The molecule has 21 heavy (non-hydrogen) atoms. The Labute approximate surface area is 128 Å². The average Bonchev–Trinajstić information content (AvgIpc) is 3.09. The van der Waals surface area contributed by atoms with Crippen LogP contribution in [0.4, 0.5) is 0 Å². The smallest absolute Gasteiger partial charge is 0.162 e. The summed E-state index contributed by atoms with van der Waals surface area (Å²) in [6.45, 7) is 7.93. The van der Waals surface area contributed by atoms with Gasteiger partial charge in [-0.25, -0.2) is 4.98 Å². The van der Waals surface area contributed by atoms with Gasteiger partial charge in [-0.2, -0.15) is 0 Å². The maximum atomic E-state index is 5.40. The third-order valence-corrected chi connectivity index (χ3v) is 5.26. The zero-order valence-corrected chi connectivity index (χ0v) is 12.8. The number of piperazine rings is 1. The van der Waals surface area contributed by atoms with Crippen LogP contribution in [0.25, 0.3) is 10.8 Å². The molecule has 0 aliphatic carbocycles. The lowest BCUT2D eigenvalue weighted by atomic mass is 10.1. The van der Waals surface area contributed by atoms with Gasteiger partial charge >= 0.3 is 0 Å². The molecule has 0 saturated carbocycles. The normalized spacial score (nSPS) is 21.5. The predicted octanol–water partition coefficient (Wildman–Crippen LogP) is 1.49. The molecule has 4 rings (SSSR count). The minimum atomic E-state index is 0.775. The van der Waals surface area contributed by atoms with Gasteiger partial charge in [0.2, 0.25) is 0 Å². The van der Waals surface area contributed by atoms with Crippen LogP contribution >= 0.6 is 11.3 Å². The SMILES string of the molecule is c1coc(-c2nc(CN3CCN(C4CNC4)CC3)cs2)c1. The van der Waals surface area contributed by atoms with Crippen LogP contribution in [0.5, 0.6) is 0 Å². The summed E-state index contributed by atoms with van der Waals surface area (Å²) < 4.78 is 5.40. The Bertz CT molecular complexity index is 570. The van der Waals surface area contributed by atoms with Crippen molar-refractivity contribution in [3.8, 4) is 10.8 Å². The lowest BCUT2D eigenvalue weighted by molar-refractivity contribution is 0.0691. The number of nitrogens with zero attached hydrogens (tertiary/aromatic N) is 3. The maximum Gasteiger partial charge on any atom is 0.162 e. The van der Waals surface area contributed by atoms with Crippen LogP contribution in [0, 0.1) is 0 Å². The van der Waals surface area contributed by atoms with Gasteiger partial charge in [0.1, 0.15) is 0 Å². The van der Waals surface area contributed by atoms with Crippen LogP contribution in [0.2, 0.25) is 0 Å². The molecule has 2 aliphatic heterocycles. The highest BCUT2D eigenvalue weighted by atomic mass is 32.1. The molecule has 2 aromatic heterocycles. The number of nitrogens with one attached hydrogen (secondary N) is 1. The second-order valence-corrected chi connectivity index (χ2v) is 6.60. The van der Waals surface area contributed by atoms with Crippen LogP contribution in [0.15, 0.2) is 28.2 Å². The van der Waals surface area contributed by atoms with Crippen molar-refractivity contribution in [2.75, 3.05) is 39.3 Å². The molecule has 2 aliphatic rings. The second-order valence-electron chi connectivity index (χ2n) is 5.75.